The average Bonchev–Trinajstić information content (AvgIpc) is 2.49. The second kappa shape index (κ2) is 2.96. The Kier molecular flexibility index (Phi) is 1.92. The first kappa shape index (κ1) is 8.44. The zero-order chi connectivity index (χ0) is 9.42. The maximum absolute atomic E-state index is 5.77. The van der Waals surface area contributed by atoms with Crippen molar-refractivity contribution in [2.75, 3.05) is 0 Å². The molecule has 2 aromatic rings. The fourth-order valence-electron chi connectivity index (χ4n) is 1.06. The van der Waals surface area contributed by atoms with Crippen LogP contribution >= 0.6 is 11.6 Å². The fourth-order valence-corrected chi connectivity index (χ4v) is 1.23. The van der Waals surface area contributed by atoms with Gasteiger partial charge in [0.15, 0.2) is 10.7 Å². The van der Waals surface area contributed by atoms with Crippen LogP contribution in [0.3, 0.4) is 0 Å². The van der Waals surface area contributed by atoms with E-state index in [9.17, 15) is 0 Å². The molecule has 0 unspecified atom stereocenters. The lowest BCUT2D eigenvalue weighted by Gasteiger charge is -1.95. The molecule has 13 heavy (non-hydrogen) atoms. The highest BCUT2D eigenvalue weighted by molar-refractivity contribution is 6.33. The Balaban J connectivity index is 2.68. The third-order valence-electron chi connectivity index (χ3n) is 1.77. The molecule has 0 aliphatic rings. The summed E-state index contributed by atoms with van der Waals surface area (Å²) in [5.74, 6) is 1.16. The molecule has 0 aromatic carbocycles. The van der Waals surface area contributed by atoms with Crippen LogP contribution in [0.2, 0.25) is 5.15 Å². The molecular formula is C8H8ClN3O. The Bertz CT molecular complexity index is 438. The third-order valence-corrected chi connectivity index (χ3v) is 2.02. The third kappa shape index (κ3) is 1.37. The molecule has 2 rings (SSSR count). The summed E-state index contributed by atoms with van der Waals surface area (Å²) in [6.07, 6.45) is 0. The molecule has 0 bridgehead atoms. The van der Waals surface area contributed by atoms with Gasteiger partial charge >= 0.3 is 0 Å². The minimum Gasteiger partial charge on any atom is -0.456 e. The van der Waals surface area contributed by atoms with Crippen LogP contribution in [0.15, 0.2) is 10.5 Å². The highest BCUT2D eigenvalue weighted by atomic mass is 35.5. The van der Waals surface area contributed by atoms with Crippen molar-refractivity contribution in [2.45, 2.75) is 19.8 Å². The van der Waals surface area contributed by atoms with Crippen LogP contribution in [0, 0.1) is 0 Å². The molecule has 0 N–H and O–H groups in total. The van der Waals surface area contributed by atoms with E-state index in [0.29, 0.717) is 17.0 Å². The first-order valence-corrected chi connectivity index (χ1v) is 4.34. The van der Waals surface area contributed by atoms with Crippen LogP contribution in [-0.4, -0.2) is 15.4 Å². The van der Waals surface area contributed by atoms with Crippen molar-refractivity contribution >= 4 is 22.7 Å². The minimum atomic E-state index is 0.261. The molecule has 0 atom stereocenters. The van der Waals surface area contributed by atoms with Gasteiger partial charge in [-0.2, -0.15) is 0 Å². The lowest BCUT2D eigenvalue weighted by Crippen LogP contribution is -1.85. The summed E-state index contributed by atoms with van der Waals surface area (Å²) in [6, 6.07) is 1.83. The molecule has 2 aromatic heterocycles. The van der Waals surface area contributed by atoms with Gasteiger partial charge in [0.2, 0.25) is 0 Å². The topological polar surface area (TPSA) is 51.8 Å². The Labute approximate surface area is 79.9 Å². The number of furan rings is 1. The molecule has 0 aliphatic heterocycles. The van der Waals surface area contributed by atoms with Crippen molar-refractivity contribution in [3.05, 3.63) is 17.0 Å². The zero-order valence-corrected chi connectivity index (χ0v) is 8.04. The molecule has 68 valence electrons. The van der Waals surface area contributed by atoms with Gasteiger partial charge in [0.05, 0.1) is 0 Å². The summed E-state index contributed by atoms with van der Waals surface area (Å²) in [5, 5.41) is 11.2. The monoisotopic (exact) mass is 197 g/mol. The second-order valence-corrected chi connectivity index (χ2v) is 3.46. The van der Waals surface area contributed by atoms with Crippen LogP contribution in [0.4, 0.5) is 0 Å². The molecule has 0 fully saturated rings. The van der Waals surface area contributed by atoms with E-state index in [0.717, 1.165) is 5.76 Å². The van der Waals surface area contributed by atoms with E-state index in [-0.39, 0.29) is 5.15 Å². The predicted molar refractivity (Wildman–Crippen MR) is 48.7 cm³/mol. The number of hydrogen-bond acceptors (Lipinski definition) is 4. The smallest absolute Gasteiger partial charge is 0.198 e. The molecule has 0 spiro atoms. The van der Waals surface area contributed by atoms with Crippen molar-refractivity contribution in [1.82, 2.24) is 15.4 Å². The second-order valence-electron chi connectivity index (χ2n) is 3.10. The van der Waals surface area contributed by atoms with E-state index in [1.165, 1.54) is 0 Å². The van der Waals surface area contributed by atoms with Gasteiger partial charge in [-0.15, -0.1) is 10.2 Å². The number of fused-ring (bicyclic) bond motifs is 1. The number of rotatable bonds is 1. The number of halogens is 1. The standard InChI is InChI=1S/C8H8ClN3O/c1-4(2)6-3-5-7(13-6)8(9)11-12-10-5/h3-4H,1-2H3. The molecule has 2 heterocycles. The number of aromatic nitrogens is 3. The average molecular weight is 198 g/mol. The summed E-state index contributed by atoms with van der Waals surface area (Å²) in [4.78, 5) is 0. The normalized spacial score (nSPS) is 11.4. The van der Waals surface area contributed by atoms with E-state index in [1.54, 1.807) is 0 Å². The largest absolute Gasteiger partial charge is 0.456 e. The summed E-state index contributed by atoms with van der Waals surface area (Å²) in [5.41, 5.74) is 1.17. The van der Waals surface area contributed by atoms with E-state index in [2.05, 4.69) is 15.4 Å². The molecule has 0 saturated carbocycles. The molecule has 0 aliphatic carbocycles. The Morgan fingerprint density at radius 1 is 1.38 bits per heavy atom. The van der Waals surface area contributed by atoms with Gasteiger partial charge in [0, 0.05) is 12.0 Å². The van der Waals surface area contributed by atoms with Crippen molar-refractivity contribution < 1.29 is 4.42 Å². The van der Waals surface area contributed by atoms with Crippen LogP contribution in [0.25, 0.3) is 11.1 Å². The SMILES string of the molecule is CC(C)c1cc2nnnc(Cl)c2o1. The maximum Gasteiger partial charge on any atom is 0.198 e. The molecular weight excluding hydrogens is 190 g/mol. The Morgan fingerprint density at radius 2 is 2.15 bits per heavy atom. The van der Waals surface area contributed by atoms with Crippen LogP contribution in [0.5, 0.6) is 0 Å². The fraction of sp³-hybridized carbons (Fsp3) is 0.375. The summed E-state index contributed by atoms with van der Waals surface area (Å²) in [6.45, 7) is 4.07. The van der Waals surface area contributed by atoms with E-state index >= 15 is 0 Å². The van der Waals surface area contributed by atoms with Gasteiger partial charge in [-0.1, -0.05) is 25.4 Å². The Morgan fingerprint density at radius 3 is 2.77 bits per heavy atom. The van der Waals surface area contributed by atoms with Crippen molar-refractivity contribution in [3.63, 3.8) is 0 Å². The van der Waals surface area contributed by atoms with Gasteiger partial charge in [-0.05, 0) is 5.21 Å². The lowest BCUT2D eigenvalue weighted by molar-refractivity contribution is 0.520. The molecule has 5 heteroatoms. The van der Waals surface area contributed by atoms with Gasteiger partial charge in [0.1, 0.15) is 11.3 Å². The quantitative estimate of drug-likeness (QED) is 0.705. The summed E-state index contributed by atoms with van der Waals surface area (Å²) in [7, 11) is 0. The van der Waals surface area contributed by atoms with Gasteiger partial charge < -0.3 is 4.42 Å². The van der Waals surface area contributed by atoms with E-state index < -0.39 is 0 Å². The first-order chi connectivity index (χ1) is 6.18. The summed E-state index contributed by atoms with van der Waals surface area (Å²) >= 11 is 5.77. The maximum atomic E-state index is 5.77. The predicted octanol–water partition coefficient (Wildman–Crippen LogP) is 2.39. The van der Waals surface area contributed by atoms with Gasteiger partial charge in [0.25, 0.3) is 0 Å². The number of hydrogen-bond donors (Lipinski definition) is 0. The van der Waals surface area contributed by atoms with Gasteiger partial charge in [-0.3, -0.25) is 0 Å². The molecule has 0 radical (unpaired) electrons. The highest BCUT2D eigenvalue weighted by Gasteiger charge is 2.11. The summed E-state index contributed by atoms with van der Waals surface area (Å²) < 4.78 is 5.46. The lowest BCUT2D eigenvalue weighted by atomic mass is 10.2. The van der Waals surface area contributed by atoms with Crippen molar-refractivity contribution in [1.29, 1.82) is 0 Å². The van der Waals surface area contributed by atoms with Crippen LogP contribution in [0.1, 0.15) is 25.5 Å². The number of nitrogens with zero attached hydrogens (tertiary/aromatic N) is 3. The van der Waals surface area contributed by atoms with Crippen LogP contribution < -0.4 is 0 Å². The van der Waals surface area contributed by atoms with Crippen LogP contribution in [-0.2, 0) is 0 Å². The molecule has 4 nitrogen and oxygen atoms in total. The zero-order valence-electron chi connectivity index (χ0n) is 7.28. The molecule has 0 amide bonds. The molecule has 0 saturated heterocycles. The highest BCUT2D eigenvalue weighted by Crippen LogP contribution is 2.26. The first-order valence-electron chi connectivity index (χ1n) is 3.97. The minimum absolute atomic E-state index is 0.261. The van der Waals surface area contributed by atoms with Gasteiger partial charge in [-0.25, -0.2) is 0 Å². The van der Waals surface area contributed by atoms with Crippen molar-refractivity contribution in [2.24, 2.45) is 0 Å². The van der Waals surface area contributed by atoms with E-state index in [1.807, 2.05) is 19.9 Å². The van der Waals surface area contributed by atoms with E-state index in [4.69, 9.17) is 16.0 Å². The van der Waals surface area contributed by atoms with Crippen molar-refractivity contribution in [3.8, 4) is 0 Å². The Hall–Kier alpha value is -1.16.